The topological polar surface area (TPSA) is 52.0 Å². The van der Waals surface area contributed by atoms with Crippen LogP contribution in [0.1, 0.15) is 12.7 Å². The summed E-state index contributed by atoms with van der Waals surface area (Å²) in [5.41, 5.74) is 5.68. The number of rotatable bonds is 3. The minimum Gasteiger partial charge on any atom is -0.440 e. The molecule has 0 amide bonds. The van der Waals surface area contributed by atoms with Crippen molar-refractivity contribution in [3.8, 4) is 10.8 Å². The van der Waals surface area contributed by atoms with Gasteiger partial charge in [-0.25, -0.2) is 4.98 Å². The van der Waals surface area contributed by atoms with Crippen molar-refractivity contribution < 1.29 is 4.42 Å². The van der Waals surface area contributed by atoms with Crippen LogP contribution >= 0.6 is 27.3 Å². The first-order valence-corrected chi connectivity index (χ1v) is 6.22. The smallest absolute Gasteiger partial charge is 0.236 e. The van der Waals surface area contributed by atoms with Gasteiger partial charge in [0.1, 0.15) is 5.76 Å². The standard InChI is InChI=1S/C10H11BrN2OS/c1-6(12)4-7-5-13-10(14-7)8-2-3-9(11)15-8/h2-3,5-6H,4,12H2,1H3. The molecule has 0 aliphatic carbocycles. The maximum atomic E-state index is 5.68. The van der Waals surface area contributed by atoms with E-state index in [9.17, 15) is 0 Å². The SMILES string of the molecule is CC(N)Cc1cnc(-c2ccc(Br)s2)o1. The first-order chi connectivity index (χ1) is 7.15. The van der Waals surface area contributed by atoms with E-state index in [1.54, 1.807) is 17.5 Å². The van der Waals surface area contributed by atoms with Crippen molar-refractivity contribution in [2.75, 3.05) is 0 Å². The van der Waals surface area contributed by atoms with E-state index in [4.69, 9.17) is 10.2 Å². The van der Waals surface area contributed by atoms with Crippen LogP contribution < -0.4 is 5.73 Å². The highest BCUT2D eigenvalue weighted by Crippen LogP contribution is 2.30. The number of nitrogens with zero attached hydrogens (tertiary/aromatic N) is 1. The summed E-state index contributed by atoms with van der Waals surface area (Å²) in [5.74, 6) is 1.51. The van der Waals surface area contributed by atoms with Crippen molar-refractivity contribution in [1.29, 1.82) is 0 Å². The third kappa shape index (κ3) is 2.68. The fourth-order valence-electron chi connectivity index (χ4n) is 1.26. The number of hydrogen-bond donors (Lipinski definition) is 1. The van der Waals surface area contributed by atoms with E-state index in [1.807, 2.05) is 19.1 Å². The van der Waals surface area contributed by atoms with Gasteiger partial charge in [0.05, 0.1) is 14.9 Å². The van der Waals surface area contributed by atoms with Crippen LogP contribution in [-0.2, 0) is 6.42 Å². The Labute approximate surface area is 100 Å². The summed E-state index contributed by atoms with van der Waals surface area (Å²) in [7, 11) is 0. The van der Waals surface area contributed by atoms with Crippen LogP contribution in [-0.4, -0.2) is 11.0 Å². The summed E-state index contributed by atoms with van der Waals surface area (Å²) < 4.78 is 6.67. The van der Waals surface area contributed by atoms with Crippen LogP contribution in [0.15, 0.2) is 26.5 Å². The second-order valence-electron chi connectivity index (χ2n) is 3.42. The summed E-state index contributed by atoms with van der Waals surface area (Å²) in [6.45, 7) is 1.95. The van der Waals surface area contributed by atoms with Crippen LogP contribution in [0.5, 0.6) is 0 Å². The summed E-state index contributed by atoms with van der Waals surface area (Å²) in [5, 5.41) is 0. The Morgan fingerprint density at radius 2 is 2.40 bits per heavy atom. The summed E-state index contributed by atoms with van der Waals surface area (Å²) in [6.07, 6.45) is 2.46. The van der Waals surface area contributed by atoms with Crippen molar-refractivity contribution in [2.24, 2.45) is 5.73 Å². The molecule has 0 spiro atoms. The predicted molar refractivity (Wildman–Crippen MR) is 64.9 cm³/mol. The molecular formula is C10H11BrN2OS. The Morgan fingerprint density at radius 1 is 1.60 bits per heavy atom. The molecule has 0 bridgehead atoms. The monoisotopic (exact) mass is 286 g/mol. The third-order valence-electron chi connectivity index (χ3n) is 1.86. The maximum absolute atomic E-state index is 5.68. The van der Waals surface area contributed by atoms with Gasteiger partial charge in [-0.3, -0.25) is 0 Å². The first-order valence-electron chi connectivity index (χ1n) is 4.61. The van der Waals surface area contributed by atoms with E-state index in [0.717, 1.165) is 20.8 Å². The average Bonchev–Trinajstić information content (AvgIpc) is 2.72. The van der Waals surface area contributed by atoms with E-state index in [1.165, 1.54) is 0 Å². The van der Waals surface area contributed by atoms with Gasteiger partial charge in [-0.15, -0.1) is 11.3 Å². The number of nitrogens with two attached hydrogens (primary N) is 1. The van der Waals surface area contributed by atoms with E-state index >= 15 is 0 Å². The summed E-state index contributed by atoms with van der Waals surface area (Å²) >= 11 is 5.01. The number of aromatic nitrogens is 1. The molecule has 15 heavy (non-hydrogen) atoms. The number of hydrogen-bond acceptors (Lipinski definition) is 4. The van der Waals surface area contributed by atoms with Crippen LogP contribution in [0.25, 0.3) is 10.8 Å². The molecule has 0 radical (unpaired) electrons. The Hall–Kier alpha value is -0.650. The molecule has 2 aromatic rings. The molecule has 3 nitrogen and oxygen atoms in total. The highest BCUT2D eigenvalue weighted by molar-refractivity contribution is 9.11. The van der Waals surface area contributed by atoms with Gasteiger partial charge in [-0.1, -0.05) is 0 Å². The van der Waals surface area contributed by atoms with Crippen LogP contribution in [0.2, 0.25) is 0 Å². The highest BCUT2D eigenvalue weighted by atomic mass is 79.9. The van der Waals surface area contributed by atoms with Gasteiger partial charge in [-0.05, 0) is 35.0 Å². The molecule has 2 heterocycles. The molecule has 0 fully saturated rings. The molecule has 0 saturated heterocycles. The molecule has 2 aromatic heterocycles. The van der Waals surface area contributed by atoms with E-state index in [-0.39, 0.29) is 6.04 Å². The molecule has 0 aliphatic heterocycles. The van der Waals surface area contributed by atoms with Crippen molar-refractivity contribution in [3.63, 3.8) is 0 Å². The Kier molecular flexibility index (Phi) is 3.23. The van der Waals surface area contributed by atoms with Crippen molar-refractivity contribution >= 4 is 27.3 Å². The van der Waals surface area contributed by atoms with Crippen LogP contribution in [0.4, 0.5) is 0 Å². The lowest BCUT2D eigenvalue weighted by Gasteiger charge is -1.98. The van der Waals surface area contributed by atoms with Crippen molar-refractivity contribution in [3.05, 3.63) is 27.9 Å². The van der Waals surface area contributed by atoms with Gasteiger partial charge in [0, 0.05) is 12.5 Å². The predicted octanol–water partition coefficient (Wildman–Crippen LogP) is 3.06. The zero-order valence-corrected chi connectivity index (χ0v) is 10.6. The number of thiophene rings is 1. The van der Waals surface area contributed by atoms with Gasteiger partial charge >= 0.3 is 0 Å². The summed E-state index contributed by atoms with van der Waals surface area (Å²) in [6, 6.07) is 4.06. The second-order valence-corrected chi connectivity index (χ2v) is 5.88. The lowest BCUT2D eigenvalue weighted by Crippen LogP contribution is -2.17. The fourth-order valence-corrected chi connectivity index (χ4v) is 2.58. The van der Waals surface area contributed by atoms with Gasteiger partial charge in [-0.2, -0.15) is 0 Å². The lowest BCUT2D eigenvalue weighted by atomic mass is 10.2. The fraction of sp³-hybridized carbons (Fsp3) is 0.300. The number of oxazole rings is 1. The van der Waals surface area contributed by atoms with Gasteiger partial charge in [0.2, 0.25) is 5.89 Å². The van der Waals surface area contributed by atoms with Crippen LogP contribution in [0, 0.1) is 0 Å². The Bertz CT molecular complexity index is 450. The minimum absolute atomic E-state index is 0.0980. The normalized spacial score (nSPS) is 13.0. The van der Waals surface area contributed by atoms with Crippen molar-refractivity contribution in [1.82, 2.24) is 4.98 Å². The minimum atomic E-state index is 0.0980. The molecule has 0 aliphatic rings. The zero-order chi connectivity index (χ0) is 10.8. The zero-order valence-electron chi connectivity index (χ0n) is 8.24. The maximum Gasteiger partial charge on any atom is 0.236 e. The summed E-state index contributed by atoms with van der Waals surface area (Å²) in [4.78, 5) is 5.25. The van der Waals surface area contributed by atoms with Crippen LogP contribution in [0.3, 0.4) is 0 Å². The first kappa shape index (κ1) is 10.9. The molecule has 0 aromatic carbocycles. The number of halogens is 1. The van der Waals surface area contributed by atoms with Gasteiger partial charge in [0.25, 0.3) is 0 Å². The molecule has 2 rings (SSSR count). The third-order valence-corrected chi connectivity index (χ3v) is 3.47. The Morgan fingerprint density at radius 3 is 3.00 bits per heavy atom. The molecule has 0 saturated carbocycles. The van der Waals surface area contributed by atoms with E-state index < -0.39 is 0 Å². The largest absolute Gasteiger partial charge is 0.440 e. The van der Waals surface area contributed by atoms with E-state index in [0.29, 0.717) is 5.89 Å². The Balaban J connectivity index is 2.20. The molecular weight excluding hydrogens is 276 g/mol. The quantitative estimate of drug-likeness (QED) is 0.944. The lowest BCUT2D eigenvalue weighted by molar-refractivity contribution is 0.501. The molecule has 1 unspecified atom stereocenters. The highest BCUT2D eigenvalue weighted by Gasteiger charge is 2.09. The second kappa shape index (κ2) is 4.47. The average molecular weight is 287 g/mol. The molecule has 80 valence electrons. The van der Waals surface area contributed by atoms with Crippen molar-refractivity contribution in [2.45, 2.75) is 19.4 Å². The van der Waals surface area contributed by atoms with Gasteiger partial charge < -0.3 is 10.2 Å². The molecule has 5 heteroatoms. The molecule has 1 atom stereocenters. The van der Waals surface area contributed by atoms with E-state index in [2.05, 4.69) is 20.9 Å². The van der Waals surface area contributed by atoms with Gasteiger partial charge in [0.15, 0.2) is 0 Å². The molecule has 2 N–H and O–H groups in total.